The van der Waals surface area contributed by atoms with Crippen LogP contribution in [0.3, 0.4) is 0 Å². The van der Waals surface area contributed by atoms with E-state index in [1.54, 1.807) is 25.3 Å². The molecular weight excluding hydrogens is 287 g/mol. The van der Waals surface area contributed by atoms with E-state index in [4.69, 9.17) is 4.74 Å². The van der Waals surface area contributed by atoms with Gasteiger partial charge in [-0.05, 0) is 24.6 Å². The first kappa shape index (κ1) is 14.0. The van der Waals surface area contributed by atoms with Crippen LogP contribution in [0.5, 0.6) is 5.88 Å². The summed E-state index contributed by atoms with van der Waals surface area (Å²) in [5.41, 5.74) is 2.34. The Morgan fingerprint density at radius 2 is 2.23 bits per heavy atom. The Balaban J connectivity index is 2.23. The molecular formula is C15H13FN4O2. The van der Waals surface area contributed by atoms with E-state index < -0.39 is 5.82 Å². The summed E-state index contributed by atoms with van der Waals surface area (Å²) in [4.78, 5) is 21.7. The molecule has 0 saturated carbocycles. The number of carbonyl (C=O) groups is 1. The number of H-pyrrole nitrogens is 1. The van der Waals surface area contributed by atoms with Crippen LogP contribution in [0.25, 0.3) is 22.2 Å². The standard InChI is InChI=1S/C15H13FN4O2/c1-8-11(16)6-18-15(22-2)13(8)10-5-17-14-9(10)3-4-12(20-14)19-7-21/h3-7H,1-2H3,(H2,17,19,20,21). The normalized spacial score (nSPS) is 10.7. The van der Waals surface area contributed by atoms with E-state index in [1.165, 1.54) is 7.11 Å². The highest BCUT2D eigenvalue weighted by atomic mass is 19.1. The fourth-order valence-electron chi connectivity index (χ4n) is 2.38. The highest BCUT2D eigenvalue weighted by Gasteiger charge is 2.18. The van der Waals surface area contributed by atoms with Gasteiger partial charge in [-0.1, -0.05) is 0 Å². The second-order valence-corrected chi connectivity index (χ2v) is 4.67. The molecule has 0 aliphatic heterocycles. The quantitative estimate of drug-likeness (QED) is 0.726. The smallest absolute Gasteiger partial charge is 0.221 e. The Hall–Kier alpha value is -2.96. The van der Waals surface area contributed by atoms with Crippen LogP contribution in [0.2, 0.25) is 0 Å². The fraction of sp³-hybridized carbons (Fsp3) is 0.133. The molecule has 0 aliphatic rings. The van der Waals surface area contributed by atoms with Gasteiger partial charge in [0, 0.05) is 17.1 Å². The van der Waals surface area contributed by atoms with Crippen molar-refractivity contribution in [3.8, 4) is 17.0 Å². The Morgan fingerprint density at radius 1 is 1.41 bits per heavy atom. The molecule has 0 bridgehead atoms. The highest BCUT2D eigenvalue weighted by Crippen LogP contribution is 2.37. The van der Waals surface area contributed by atoms with Gasteiger partial charge in [0.1, 0.15) is 17.3 Å². The minimum atomic E-state index is -0.405. The maximum atomic E-state index is 13.9. The molecule has 3 aromatic heterocycles. The van der Waals surface area contributed by atoms with Gasteiger partial charge in [-0.3, -0.25) is 4.79 Å². The van der Waals surface area contributed by atoms with Crippen LogP contribution in [0, 0.1) is 12.7 Å². The van der Waals surface area contributed by atoms with Gasteiger partial charge in [0.15, 0.2) is 0 Å². The molecule has 0 spiro atoms. The number of anilines is 1. The molecule has 7 heteroatoms. The molecule has 3 aromatic rings. The number of methoxy groups -OCH3 is 1. The van der Waals surface area contributed by atoms with E-state index in [9.17, 15) is 9.18 Å². The number of nitrogens with one attached hydrogen (secondary N) is 2. The van der Waals surface area contributed by atoms with E-state index in [2.05, 4.69) is 20.3 Å². The summed E-state index contributed by atoms with van der Waals surface area (Å²) in [6, 6.07) is 3.46. The van der Waals surface area contributed by atoms with Crippen molar-refractivity contribution in [3.05, 3.63) is 35.9 Å². The van der Waals surface area contributed by atoms with Gasteiger partial charge >= 0.3 is 0 Å². The third kappa shape index (κ3) is 2.16. The molecule has 0 aromatic carbocycles. The Labute approximate surface area is 125 Å². The molecule has 0 fully saturated rings. The van der Waals surface area contributed by atoms with E-state index in [1.807, 2.05) is 0 Å². The molecule has 0 aliphatic carbocycles. The first-order valence-electron chi connectivity index (χ1n) is 6.53. The molecule has 1 amide bonds. The van der Waals surface area contributed by atoms with Crippen molar-refractivity contribution in [2.75, 3.05) is 12.4 Å². The molecule has 0 radical (unpaired) electrons. The minimum absolute atomic E-state index is 0.342. The molecule has 0 saturated heterocycles. The van der Waals surface area contributed by atoms with Gasteiger partial charge in [0.2, 0.25) is 12.3 Å². The number of aromatic nitrogens is 3. The zero-order chi connectivity index (χ0) is 15.7. The maximum Gasteiger partial charge on any atom is 0.221 e. The average molecular weight is 300 g/mol. The average Bonchev–Trinajstić information content (AvgIpc) is 2.93. The van der Waals surface area contributed by atoms with Gasteiger partial charge in [0.25, 0.3) is 0 Å². The van der Waals surface area contributed by atoms with Crippen LogP contribution in [0.1, 0.15) is 5.56 Å². The number of hydrogen-bond donors (Lipinski definition) is 2. The predicted molar refractivity (Wildman–Crippen MR) is 80.3 cm³/mol. The van der Waals surface area contributed by atoms with E-state index >= 15 is 0 Å². The monoisotopic (exact) mass is 300 g/mol. The lowest BCUT2D eigenvalue weighted by atomic mass is 10.0. The van der Waals surface area contributed by atoms with Crippen LogP contribution in [-0.4, -0.2) is 28.5 Å². The van der Waals surface area contributed by atoms with Crippen molar-refractivity contribution in [1.29, 1.82) is 0 Å². The number of aromatic amines is 1. The summed E-state index contributed by atoms with van der Waals surface area (Å²) in [6.07, 6.45) is 3.41. The summed E-state index contributed by atoms with van der Waals surface area (Å²) < 4.78 is 19.1. The first-order chi connectivity index (χ1) is 10.7. The summed E-state index contributed by atoms with van der Waals surface area (Å²) in [7, 11) is 1.49. The Bertz CT molecular complexity index is 860. The van der Waals surface area contributed by atoms with E-state index in [0.29, 0.717) is 34.9 Å². The lowest BCUT2D eigenvalue weighted by Crippen LogP contribution is -1.97. The van der Waals surface area contributed by atoms with Crippen molar-refractivity contribution < 1.29 is 13.9 Å². The predicted octanol–water partition coefficient (Wildman–Crippen LogP) is 2.65. The molecule has 3 heterocycles. The third-order valence-corrected chi connectivity index (χ3v) is 3.45. The molecule has 6 nitrogen and oxygen atoms in total. The van der Waals surface area contributed by atoms with Gasteiger partial charge in [0.05, 0.1) is 18.9 Å². The lowest BCUT2D eigenvalue weighted by Gasteiger charge is -2.10. The SMILES string of the molecule is COc1ncc(F)c(C)c1-c1c[nH]c2nc(NC=O)ccc12. The number of fused-ring (bicyclic) bond motifs is 1. The lowest BCUT2D eigenvalue weighted by molar-refractivity contribution is -0.105. The topological polar surface area (TPSA) is 79.9 Å². The van der Waals surface area contributed by atoms with E-state index in [-0.39, 0.29) is 0 Å². The number of amides is 1. The van der Waals surface area contributed by atoms with Crippen LogP contribution in [-0.2, 0) is 4.79 Å². The Morgan fingerprint density at radius 3 is 2.95 bits per heavy atom. The number of carbonyl (C=O) groups excluding carboxylic acids is 1. The number of hydrogen-bond acceptors (Lipinski definition) is 4. The second kappa shape index (κ2) is 5.44. The van der Waals surface area contributed by atoms with Crippen molar-refractivity contribution in [3.63, 3.8) is 0 Å². The summed E-state index contributed by atoms with van der Waals surface area (Å²) in [5, 5.41) is 3.27. The Kier molecular flexibility index (Phi) is 3.46. The number of rotatable bonds is 4. The third-order valence-electron chi connectivity index (χ3n) is 3.45. The van der Waals surface area contributed by atoms with Gasteiger partial charge in [-0.25, -0.2) is 14.4 Å². The number of halogens is 1. The number of ether oxygens (including phenoxy) is 1. The first-order valence-corrected chi connectivity index (χ1v) is 6.53. The number of nitrogens with zero attached hydrogens (tertiary/aromatic N) is 2. The fourth-order valence-corrected chi connectivity index (χ4v) is 2.38. The van der Waals surface area contributed by atoms with Gasteiger partial charge in [-0.15, -0.1) is 0 Å². The molecule has 112 valence electrons. The maximum absolute atomic E-state index is 13.9. The molecule has 3 rings (SSSR count). The molecule has 0 unspecified atom stereocenters. The van der Waals surface area contributed by atoms with Crippen molar-refractivity contribution in [2.45, 2.75) is 6.92 Å². The summed E-state index contributed by atoms with van der Waals surface area (Å²) in [5.74, 6) is 0.365. The molecule has 0 atom stereocenters. The molecule has 2 N–H and O–H groups in total. The van der Waals surface area contributed by atoms with Crippen molar-refractivity contribution >= 4 is 23.3 Å². The van der Waals surface area contributed by atoms with Crippen LogP contribution in [0.4, 0.5) is 10.2 Å². The minimum Gasteiger partial charge on any atom is -0.481 e. The van der Waals surface area contributed by atoms with Crippen molar-refractivity contribution in [1.82, 2.24) is 15.0 Å². The van der Waals surface area contributed by atoms with Gasteiger partial charge < -0.3 is 15.0 Å². The van der Waals surface area contributed by atoms with Crippen LogP contribution >= 0.6 is 0 Å². The number of pyridine rings is 2. The molecule has 22 heavy (non-hydrogen) atoms. The van der Waals surface area contributed by atoms with Crippen LogP contribution in [0.15, 0.2) is 24.5 Å². The zero-order valence-electron chi connectivity index (χ0n) is 12.0. The summed E-state index contributed by atoms with van der Waals surface area (Å²) >= 11 is 0. The zero-order valence-corrected chi connectivity index (χ0v) is 12.0. The van der Waals surface area contributed by atoms with Crippen LogP contribution < -0.4 is 10.1 Å². The second-order valence-electron chi connectivity index (χ2n) is 4.67. The largest absolute Gasteiger partial charge is 0.481 e. The van der Waals surface area contributed by atoms with E-state index in [0.717, 1.165) is 17.1 Å². The van der Waals surface area contributed by atoms with Gasteiger partial charge in [-0.2, -0.15) is 0 Å². The van der Waals surface area contributed by atoms with Crippen molar-refractivity contribution in [2.24, 2.45) is 0 Å². The summed E-state index contributed by atoms with van der Waals surface area (Å²) in [6.45, 7) is 1.67. The highest BCUT2D eigenvalue weighted by molar-refractivity contribution is 5.96.